The van der Waals surface area contributed by atoms with Crippen molar-refractivity contribution in [3.05, 3.63) is 70.2 Å². The highest BCUT2D eigenvalue weighted by molar-refractivity contribution is 6.30. The normalized spacial score (nSPS) is 15.2. The number of benzene rings is 1. The minimum Gasteiger partial charge on any atom is -0.361 e. The average Bonchev–Trinajstić information content (AvgIpc) is 3.01. The lowest BCUT2D eigenvalue weighted by Crippen LogP contribution is -2.24. The van der Waals surface area contributed by atoms with E-state index in [1.165, 1.54) is 0 Å². The summed E-state index contributed by atoms with van der Waals surface area (Å²) in [5.74, 6) is 0.570. The molecule has 0 fully saturated rings. The van der Waals surface area contributed by atoms with Gasteiger partial charge < -0.3 is 9.84 Å². The zero-order valence-electron chi connectivity index (χ0n) is 15.6. The molecule has 28 heavy (non-hydrogen) atoms. The molecule has 0 bridgehead atoms. The fourth-order valence-corrected chi connectivity index (χ4v) is 3.54. The van der Waals surface area contributed by atoms with E-state index in [9.17, 15) is 4.79 Å². The first-order valence-electron chi connectivity index (χ1n) is 9.10. The Bertz CT molecular complexity index is 1060. The molecular formula is C21H19ClN4O2. The van der Waals surface area contributed by atoms with Gasteiger partial charge in [-0.05, 0) is 38.1 Å². The summed E-state index contributed by atoms with van der Waals surface area (Å²) in [6.45, 7) is 4.30. The second-order valence-corrected chi connectivity index (χ2v) is 6.99. The molecule has 0 radical (unpaired) electrons. The van der Waals surface area contributed by atoms with Crippen LogP contribution in [0.3, 0.4) is 0 Å². The molecule has 1 atom stereocenters. The number of carbonyl (C=O) groups excluding carboxylic acids is 1. The number of carbonyl (C=O) groups is 1. The predicted molar refractivity (Wildman–Crippen MR) is 108 cm³/mol. The molecule has 1 aliphatic rings. The summed E-state index contributed by atoms with van der Waals surface area (Å²) in [6, 6.07) is 10.9. The van der Waals surface area contributed by atoms with Crippen molar-refractivity contribution in [2.24, 2.45) is 4.99 Å². The smallest absolute Gasteiger partial charge is 0.222 e. The van der Waals surface area contributed by atoms with Crippen LogP contribution in [0.4, 0.5) is 0 Å². The van der Waals surface area contributed by atoms with Gasteiger partial charge in [0.2, 0.25) is 5.91 Å². The highest BCUT2D eigenvalue weighted by atomic mass is 35.5. The van der Waals surface area contributed by atoms with Gasteiger partial charge in [0.05, 0.1) is 23.4 Å². The van der Waals surface area contributed by atoms with Gasteiger partial charge >= 0.3 is 0 Å². The molecule has 0 unspecified atom stereocenters. The third kappa shape index (κ3) is 3.31. The third-order valence-electron chi connectivity index (χ3n) is 4.66. The minimum atomic E-state index is -0.473. The number of nitrogens with zero attached hydrogens (tertiary/aromatic N) is 3. The highest BCUT2D eigenvalue weighted by Gasteiger charge is 2.31. The van der Waals surface area contributed by atoms with Gasteiger partial charge in [-0.2, -0.15) is 0 Å². The Hall–Kier alpha value is -2.99. The van der Waals surface area contributed by atoms with Crippen molar-refractivity contribution in [2.75, 3.05) is 6.54 Å². The van der Waals surface area contributed by atoms with Crippen LogP contribution in [-0.4, -0.2) is 28.3 Å². The number of fused-ring (bicyclic) bond motifs is 3. The van der Waals surface area contributed by atoms with Gasteiger partial charge in [-0.15, -0.1) is 0 Å². The van der Waals surface area contributed by atoms with E-state index in [-0.39, 0.29) is 12.3 Å². The quantitative estimate of drug-likeness (QED) is 0.721. The van der Waals surface area contributed by atoms with Crippen LogP contribution < -0.4 is 5.32 Å². The van der Waals surface area contributed by atoms with E-state index in [1.54, 1.807) is 6.20 Å². The number of aryl methyl sites for hydroxylation is 1. The van der Waals surface area contributed by atoms with Crippen molar-refractivity contribution in [3.8, 4) is 11.3 Å². The Balaban J connectivity index is 1.92. The maximum atomic E-state index is 12.3. The van der Waals surface area contributed by atoms with Crippen molar-refractivity contribution < 1.29 is 9.32 Å². The summed E-state index contributed by atoms with van der Waals surface area (Å²) in [4.78, 5) is 21.9. The summed E-state index contributed by atoms with van der Waals surface area (Å²) in [7, 11) is 0. The molecule has 2 aromatic heterocycles. The molecule has 1 aromatic carbocycles. The Kier molecular flexibility index (Phi) is 4.96. The lowest BCUT2D eigenvalue weighted by atomic mass is 9.97. The van der Waals surface area contributed by atoms with Crippen LogP contribution in [0, 0.1) is 6.92 Å². The van der Waals surface area contributed by atoms with Crippen LogP contribution in [-0.2, 0) is 4.79 Å². The first-order chi connectivity index (χ1) is 13.6. The Morgan fingerprint density at radius 3 is 2.79 bits per heavy atom. The van der Waals surface area contributed by atoms with Gasteiger partial charge in [0.1, 0.15) is 17.5 Å². The maximum absolute atomic E-state index is 12.3. The summed E-state index contributed by atoms with van der Waals surface area (Å²) >= 11 is 6.06. The van der Waals surface area contributed by atoms with E-state index < -0.39 is 6.04 Å². The second-order valence-electron chi connectivity index (χ2n) is 6.56. The Morgan fingerprint density at radius 2 is 2.04 bits per heavy atom. The first kappa shape index (κ1) is 18.4. The molecule has 0 aliphatic carbocycles. The van der Waals surface area contributed by atoms with Crippen molar-refractivity contribution in [1.29, 1.82) is 0 Å². The lowest BCUT2D eigenvalue weighted by Gasteiger charge is -2.12. The number of hydrogen-bond donors (Lipinski definition) is 1. The number of rotatable bonds is 4. The fourth-order valence-electron chi connectivity index (χ4n) is 3.41. The summed E-state index contributed by atoms with van der Waals surface area (Å²) in [5, 5.41) is 7.71. The minimum absolute atomic E-state index is 0.0859. The van der Waals surface area contributed by atoms with Crippen LogP contribution >= 0.6 is 11.6 Å². The standard InChI is InChI=1S/C21H19ClN4O2/c1-3-23-17(27)11-16-21-18(12(2)28-26-21)20-15(5-4-10-24-20)19(25-16)13-6-8-14(22)9-7-13/h4-10,16H,3,11H2,1-2H3,(H,23,27)/t16-/m0/s1. The van der Waals surface area contributed by atoms with Gasteiger partial charge in [-0.25, -0.2) is 0 Å². The topological polar surface area (TPSA) is 80.4 Å². The molecule has 0 spiro atoms. The molecule has 3 aromatic rings. The van der Waals surface area contributed by atoms with E-state index in [4.69, 9.17) is 21.1 Å². The number of aromatic nitrogens is 2. The van der Waals surface area contributed by atoms with Gasteiger partial charge in [0, 0.05) is 28.9 Å². The van der Waals surface area contributed by atoms with Crippen LogP contribution in [0.15, 0.2) is 52.1 Å². The second kappa shape index (κ2) is 7.56. The van der Waals surface area contributed by atoms with Crippen molar-refractivity contribution in [2.45, 2.75) is 26.3 Å². The van der Waals surface area contributed by atoms with Crippen molar-refractivity contribution in [3.63, 3.8) is 0 Å². The number of hydrogen-bond acceptors (Lipinski definition) is 5. The highest BCUT2D eigenvalue weighted by Crippen LogP contribution is 2.39. The fraction of sp³-hybridized carbons (Fsp3) is 0.238. The van der Waals surface area contributed by atoms with Crippen LogP contribution in [0.2, 0.25) is 5.02 Å². The van der Waals surface area contributed by atoms with E-state index in [2.05, 4.69) is 15.5 Å². The molecule has 142 valence electrons. The van der Waals surface area contributed by atoms with Crippen LogP contribution in [0.1, 0.15) is 42.0 Å². The van der Waals surface area contributed by atoms with E-state index in [0.717, 1.165) is 28.1 Å². The summed E-state index contributed by atoms with van der Waals surface area (Å²) < 4.78 is 5.45. The number of aliphatic imine (C=N–C) groups is 1. The number of halogens is 1. The van der Waals surface area contributed by atoms with Crippen LogP contribution in [0.5, 0.6) is 0 Å². The van der Waals surface area contributed by atoms with Gasteiger partial charge in [-0.1, -0.05) is 28.9 Å². The molecule has 0 saturated heterocycles. The molecular weight excluding hydrogens is 376 g/mol. The Labute approximate surface area is 167 Å². The van der Waals surface area contributed by atoms with E-state index in [0.29, 0.717) is 23.0 Å². The molecule has 7 heteroatoms. The van der Waals surface area contributed by atoms with Crippen LogP contribution in [0.25, 0.3) is 11.3 Å². The largest absolute Gasteiger partial charge is 0.361 e. The Morgan fingerprint density at radius 1 is 1.25 bits per heavy atom. The third-order valence-corrected chi connectivity index (χ3v) is 4.91. The first-order valence-corrected chi connectivity index (χ1v) is 9.48. The SMILES string of the molecule is CCNC(=O)C[C@@H]1N=C(c2ccc(Cl)cc2)c2cccnc2-c2c1noc2C. The van der Waals surface area contributed by atoms with E-state index in [1.807, 2.05) is 50.2 Å². The molecule has 1 N–H and O–H groups in total. The van der Waals surface area contributed by atoms with E-state index >= 15 is 0 Å². The zero-order valence-corrected chi connectivity index (χ0v) is 16.3. The zero-order chi connectivity index (χ0) is 19.7. The van der Waals surface area contributed by atoms with Gasteiger partial charge in [0.25, 0.3) is 0 Å². The molecule has 6 nitrogen and oxygen atoms in total. The predicted octanol–water partition coefficient (Wildman–Crippen LogP) is 4.12. The molecule has 0 saturated carbocycles. The number of nitrogens with one attached hydrogen (secondary N) is 1. The number of amides is 1. The molecule has 1 aliphatic heterocycles. The monoisotopic (exact) mass is 394 g/mol. The van der Waals surface area contributed by atoms with Gasteiger partial charge in [0.15, 0.2) is 0 Å². The number of pyridine rings is 1. The van der Waals surface area contributed by atoms with Crippen molar-refractivity contribution >= 4 is 23.2 Å². The summed E-state index contributed by atoms with van der Waals surface area (Å²) in [6.07, 6.45) is 1.91. The lowest BCUT2D eigenvalue weighted by molar-refractivity contribution is -0.121. The molecule has 4 rings (SSSR count). The average molecular weight is 395 g/mol. The van der Waals surface area contributed by atoms with Gasteiger partial charge in [-0.3, -0.25) is 14.8 Å². The van der Waals surface area contributed by atoms with Crippen molar-refractivity contribution in [1.82, 2.24) is 15.5 Å². The molecule has 3 heterocycles. The maximum Gasteiger partial charge on any atom is 0.222 e. The summed E-state index contributed by atoms with van der Waals surface area (Å²) in [5.41, 5.74) is 4.72. The molecule has 1 amide bonds.